The molecule has 3 fully saturated rings. The number of rotatable bonds is 15. The second-order valence-electron chi connectivity index (χ2n) is 20.8. The van der Waals surface area contributed by atoms with Crippen LogP contribution in [0.5, 0.6) is 0 Å². The molecule has 0 aromatic heterocycles. The quantitative estimate of drug-likeness (QED) is 0.0549. The lowest BCUT2D eigenvalue weighted by atomic mass is 9.61. The molecule has 0 N–H and O–H groups in total. The lowest BCUT2D eigenvalue weighted by molar-refractivity contribution is -0.136. The van der Waals surface area contributed by atoms with Gasteiger partial charge in [0.15, 0.2) is 22.4 Å². The van der Waals surface area contributed by atoms with Gasteiger partial charge in [-0.05, 0) is 136 Å². The number of unbranched alkanes of at least 4 members (excludes halogenated alkanes) is 3. The molecule has 0 bridgehead atoms. The van der Waals surface area contributed by atoms with Crippen LogP contribution in [0.25, 0.3) is 0 Å². The molecular formula is C46H80O4Si2. The minimum atomic E-state index is -2.02. The molecule has 3 saturated carbocycles. The lowest BCUT2D eigenvalue weighted by Gasteiger charge is -2.46. The Morgan fingerprint density at radius 2 is 1.44 bits per heavy atom. The zero-order valence-electron chi connectivity index (χ0n) is 36.5. The second-order valence-corrected chi connectivity index (χ2v) is 30.3. The number of ketones is 2. The van der Waals surface area contributed by atoms with Crippen molar-refractivity contribution in [1.82, 2.24) is 0 Å². The van der Waals surface area contributed by atoms with E-state index in [0.29, 0.717) is 18.3 Å². The van der Waals surface area contributed by atoms with Crippen LogP contribution in [0.4, 0.5) is 0 Å². The van der Waals surface area contributed by atoms with Gasteiger partial charge in [-0.3, -0.25) is 9.59 Å². The van der Waals surface area contributed by atoms with Crippen LogP contribution in [-0.2, 0) is 18.4 Å². The number of carbonyl (C=O) groups excluding carboxylic acids is 2. The summed E-state index contributed by atoms with van der Waals surface area (Å²) >= 11 is 0. The highest BCUT2D eigenvalue weighted by molar-refractivity contribution is 6.74. The number of allylic oxidation sites excluding steroid dienone is 5. The fourth-order valence-corrected chi connectivity index (χ4v) is 11.2. The normalized spacial score (nSPS) is 28.0. The van der Waals surface area contributed by atoms with Crippen molar-refractivity contribution in [3.8, 4) is 0 Å². The van der Waals surface area contributed by atoms with Crippen molar-refractivity contribution in [1.29, 1.82) is 0 Å². The molecule has 6 atom stereocenters. The van der Waals surface area contributed by atoms with Crippen molar-refractivity contribution in [3.05, 3.63) is 47.6 Å². The molecule has 52 heavy (non-hydrogen) atoms. The monoisotopic (exact) mass is 753 g/mol. The van der Waals surface area contributed by atoms with E-state index in [1.54, 1.807) is 11.6 Å². The van der Waals surface area contributed by atoms with Gasteiger partial charge in [0, 0.05) is 6.42 Å². The van der Waals surface area contributed by atoms with Gasteiger partial charge in [-0.25, -0.2) is 0 Å². The summed E-state index contributed by atoms with van der Waals surface area (Å²) in [6.45, 7) is 38.6. The van der Waals surface area contributed by atoms with Gasteiger partial charge >= 0.3 is 0 Å². The molecule has 3 aliphatic rings. The second kappa shape index (κ2) is 17.2. The van der Waals surface area contributed by atoms with E-state index in [9.17, 15) is 9.59 Å². The summed E-state index contributed by atoms with van der Waals surface area (Å²) in [7, 11) is -4.04. The van der Waals surface area contributed by atoms with E-state index in [2.05, 4.69) is 113 Å². The molecule has 0 amide bonds. The van der Waals surface area contributed by atoms with Gasteiger partial charge < -0.3 is 8.85 Å². The standard InChI is InChI=1S/C46H80O4Si2/c1-17-18-19-20-23-41(47)45(10,11)42(48)29-24-33(2)37-27-28-38-36(22-21-30-46(37,38)12)26-25-35-31-39(49-51(13,14)43(4,5)6)34(3)40(32-35)50-52(15,16)44(7,8)9/h24-26,29,33,37-40H,3,17-23,27-28,30-32H2,1-2,4-16H3/b29-24+,36-26+/t33-,37-,38+,39-,40-,46-/m1/s1. The van der Waals surface area contributed by atoms with Crippen LogP contribution in [0.2, 0.25) is 36.3 Å². The van der Waals surface area contributed by atoms with Gasteiger partial charge in [-0.1, -0.05) is 118 Å². The third kappa shape index (κ3) is 10.5. The first kappa shape index (κ1) is 45.0. The summed E-state index contributed by atoms with van der Waals surface area (Å²) in [5, 5.41) is 0.248. The van der Waals surface area contributed by atoms with E-state index in [4.69, 9.17) is 8.85 Å². The van der Waals surface area contributed by atoms with E-state index < -0.39 is 22.0 Å². The molecule has 0 heterocycles. The lowest BCUT2D eigenvalue weighted by Crippen LogP contribution is -2.49. The number of hydrogen-bond acceptors (Lipinski definition) is 4. The van der Waals surface area contributed by atoms with Gasteiger partial charge in [0.05, 0.1) is 17.6 Å². The molecule has 0 radical (unpaired) electrons. The topological polar surface area (TPSA) is 52.6 Å². The third-order valence-electron chi connectivity index (χ3n) is 14.5. The summed E-state index contributed by atoms with van der Waals surface area (Å²) in [5.74, 6) is 1.41. The first-order valence-electron chi connectivity index (χ1n) is 21.0. The van der Waals surface area contributed by atoms with Crippen LogP contribution < -0.4 is 0 Å². The molecule has 0 saturated heterocycles. The van der Waals surface area contributed by atoms with Crippen molar-refractivity contribution >= 4 is 28.2 Å². The molecule has 0 aromatic rings. The van der Waals surface area contributed by atoms with Crippen molar-refractivity contribution in [2.75, 3.05) is 0 Å². The maximum Gasteiger partial charge on any atom is 0.192 e. The first-order valence-corrected chi connectivity index (χ1v) is 26.8. The summed E-state index contributed by atoms with van der Waals surface area (Å²) in [5.41, 5.74) is 3.41. The summed E-state index contributed by atoms with van der Waals surface area (Å²) in [4.78, 5) is 26.3. The van der Waals surface area contributed by atoms with Crippen LogP contribution in [-0.4, -0.2) is 40.4 Å². The molecule has 3 aliphatic carbocycles. The van der Waals surface area contributed by atoms with Crippen LogP contribution in [0.15, 0.2) is 47.6 Å². The number of Topliss-reactive ketones (excluding diaryl/α,β-unsaturated/α-hetero) is 1. The zero-order valence-corrected chi connectivity index (χ0v) is 38.5. The molecule has 0 unspecified atom stereocenters. The number of carbonyl (C=O) groups is 2. The Labute approximate surface area is 323 Å². The fraction of sp³-hybridized carbons (Fsp3) is 0.783. The maximum absolute atomic E-state index is 13.3. The minimum absolute atomic E-state index is 0.0155. The highest BCUT2D eigenvalue weighted by Crippen LogP contribution is 2.59. The maximum atomic E-state index is 13.3. The highest BCUT2D eigenvalue weighted by Gasteiger charge is 2.51. The Morgan fingerprint density at radius 3 is 1.96 bits per heavy atom. The summed E-state index contributed by atoms with van der Waals surface area (Å²) < 4.78 is 14.2. The Balaban J connectivity index is 1.82. The number of fused-ring (bicyclic) bond motifs is 1. The number of hydrogen-bond donors (Lipinski definition) is 0. The van der Waals surface area contributed by atoms with Crippen molar-refractivity contribution in [2.45, 2.75) is 202 Å². The summed E-state index contributed by atoms with van der Waals surface area (Å²) in [6.07, 6.45) is 21.3. The summed E-state index contributed by atoms with van der Waals surface area (Å²) in [6, 6.07) is 0. The molecule has 3 rings (SSSR count). The van der Waals surface area contributed by atoms with Crippen LogP contribution in [0, 0.1) is 28.6 Å². The smallest absolute Gasteiger partial charge is 0.192 e. The predicted molar refractivity (Wildman–Crippen MR) is 228 cm³/mol. The minimum Gasteiger partial charge on any atom is -0.410 e. The van der Waals surface area contributed by atoms with Crippen molar-refractivity contribution in [2.24, 2.45) is 28.6 Å². The van der Waals surface area contributed by atoms with Crippen molar-refractivity contribution < 1.29 is 18.4 Å². The molecule has 0 aliphatic heterocycles. The Bertz CT molecular complexity index is 1330. The molecular weight excluding hydrogens is 673 g/mol. The SMILES string of the molecule is C=C1[C@H](O[Si](C)(C)C(C)(C)C)CC(=C/C=C2\CCC[C@]3(C)[C@@H]([C@H](C)/C=C/C(=O)C(C)(C)C(=O)CCCCCC)CC[C@@H]23)C[C@H]1O[Si](C)(C)C(C)(C)C. The van der Waals surface area contributed by atoms with Gasteiger partial charge in [0.1, 0.15) is 5.78 Å². The van der Waals surface area contributed by atoms with E-state index in [0.717, 1.165) is 50.5 Å². The van der Waals surface area contributed by atoms with E-state index in [-0.39, 0.29) is 45.2 Å². The molecule has 296 valence electrons. The predicted octanol–water partition coefficient (Wildman–Crippen LogP) is 13.5. The van der Waals surface area contributed by atoms with E-state index in [1.807, 2.05) is 13.8 Å². The fourth-order valence-electron chi connectivity index (χ4n) is 8.58. The van der Waals surface area contributed by atoms with Gasteiger partial charge in [-0.2, -0.15) is 0 Å². The van der Waals surface area contributed by atoms with Crippen LogP contribution >= 0.6 is 0 Å². The Hall–Kier alpha value is -1.35. The van der Waals surface area contributed by atoms with Gasteiger partial charge in [0.2, 0.25) is 0 Å². The van der Waals surface area contributed by atoms with Crippen LogP contribution in [0.3, 0.4) is 0 Å². The Kier molecular flexibility index (Phi) is 14.9. The molecule has 0 spiro atoms. The van der Waals surface area contributed by atoms with Gasteiger partial charge in [0.25, 0.3) is 0 Å². The van der Waals surface area contributed by atoms with Crippen LogP contribution in [0.1, 0.15) is 153 Å². The first-order chi connectivity index (χ1) is 23.8. The van der Waals surface area contributed by atoms with Crippen molar-refractivity contribution in [3.63, 3.8) is 0 Å². The largest absolute Gasteiger partial charge is 0.410 e. The third-order valence-corrected chi connectivity index (χ3v) is 23.5. The van der Waals surface area contributed by atoms with E-state index >= 15 is 0 Å². The Morgan fingerprint density at radius 1 is 0.885 bits per heavy atom. The van der Waals surface area contributed by atoms with E-state index in [1.165, 1.54) is 31.3 Å². The van der Waals surface area contributed by atoms with Gasteiger partial charge in [-0.15, -0.1) is 0 Å². The average molecular weight is 753 g/mol. The molecule has 0 aromatic carbocycles. The highest BCUT2D eigenvalue weighted by atomic mass is 28.4. The molecule has 4 nitrogen and oxygen atoms in total. The zero-order chi connectivity index (χ0) is 39.5. The average Bonchev–Trinajstić information content (AvgIpc) is 3.38. The molecule has 6 heteroatoms.